The lowest BCUT2D eigenvalue weighted by Gasteiger charge is -2.13. The van der Waals surface area contributed by atoms with Crippen LogP contribution >= 0.6 is 47.5 Å². The molecular weight excluding hydrogens is 419 g/mol. The smallest absolute Gasteiger partial charge is 0.243 e. The lowest BCUT2D eigenvalue weighted by atomic mass is 10.3. The van der Waals surface area contributed by atoms with Crippen LogP contribution in [0.2, 0.25) is 0 Å². The summed E-state index contributed by atoms with van der Waals surface area (Å²) in [6.07, 6.45) is 6.51. The standard InChI is InChI=1S/C13H28N4OS2.HI/c1-17(2)12(18)11-16-13(15-8-10-20-4)14-7-5-6-9-19-3;/h5-11H2,1-4H3,(H2,14,15,16);1H. The Balaban J connectivity index is 0. The van der Waals surface area contributed by atoms with Crippen LogP contribution in [0.5, 0.6) is 0 Å². The van der Waals surface area contributed by atoms with Gasteiger partial charge in [0.25, 0.3) is 0 Å². The predicted molar refractivity (Wildman–Crippen MR) is 108 cm³/mol. The second-order valence-electron chi connectivity index (χ2n) is 4.50. The second-order valence-corrected chi connectivity index (χ2v) is 6.47. The normalized spacial score (nSPS) is 10.8. The molecule has 0 aromatic carbocycles. The molecule has 0 rings (SSSR count). The van der Waals surface area contributed by atoms with E-state index in [1.807, 2.05) is 11.8 Å². The first-order valence-corrected chi connectivity index (χ1v) is 9.60. The molecule has 0 fully saturated rings. The molecule has 0 aliphatic rings. The maximum absolute atomic E-state index is 11.5. The predicted octanol–water partition coefficient (Wildman–Crippen LogP) is 1.73. The van der Waals surface area contributed by atoms with Crippen LogP contribution in [0.1, 0.15) is 12.8 Å². The number of aliphatic imine (C=N–C) groups is 1. The second kappa shape index (κ2) is 16.5. The molecule has 5 nitrogen and oxygen atoms in total. The Bertz CT molecular complexity index is 291. The molecule has 0 aliphatic heterocycles. The zero-order chi connectivity index (χ0) is 15.2. The Kier molecular flexibility index (Phi) is 18.5. The number of carbonyl (C=O) groups excluding carboxylic acids is 1. The van der Waals surface area contributed by atoms with Crippen molar-refractivity contribution < 1.29 is 4.79 Å². The molecule has 0 spiro atoms. The number of guanidine groups is 1. The van der Waals surface area contributed by atoms with Crippen LogP contribution in [0.3, 0.4) is 0 Å². The van der Waals surface area contributed by atoms with E-state index in [0.29, 0.717) is 0 Å². The highest BCUT2D eigenvalue weighted by molar-refractivity contribution is 14.0. The molecule has 126 valence electrons. The largest absolute Gasteiger partial charge is 0.356 e. The van der Waals surface area contributed by atoms with Crippen molar-refractivity contribution in [1.29, 1.82) is 0 Å². The molecule has 0 aromatic heterocycles. The number of thioether (sulfide) groups is 2. The van der Waals surface area contributed by atoms with Crippen molar-refractivity contribution in [1.82, 2.24) is 15.5 Å². The lowest BCUT2D eigenvalue weighted by Crippen LogP contribution is -2.40. The molecule has 2 N–H and O–H groups in total. The van der Waals surface area contributed by atoms with Crippen molar-refractivity contribution in [3.8, 4) is 0 Å². The summed E-state index contributed by atoms with van der Waals surface area (Å²) in [5.41, 5.74) is 0. The highest BCUT2D eigenvalue weighted by Gasteiger charge is 2.04. The van der Waals surface area contributed by atoms with Crippen LogP contribution in [0.15, 0.2) is 4.99 Å². The summed E-state index contributed by atoms with van der Waals surface area (Å²) in [7, 11) is 3.49. The molecule has 0 saturated heterocycles. The minimum Gasteiger partial charge on any atom is -0.356 e. The van der Waals surface area contributed by atoms with Crippen LogP contribution in [0, 0.1) is 0 Å². The molecule has 0 unspecified atom stereocenters. The van der Waals surface area contributed by atoms with Gasteiger partial charge in [-0.2, -0.15) is 23.5 Å². The average Bonchev–Trinajstić information content (AvgIpc) is 2.43. The molecule has 8 heteroatoms. The summed E-state index contributed by atoms with van der Waals surface area (Å²) in [5.74, 6) is 2.96. The molecule has 0 saturated carbocycles. The zero-order valence-electron chi connectivity index (χ0n) is 13.5. The number of rotatable bonds is 10. The molecule has 0 aromatic rings. The summed E-state index contributed by atoms with van der Waals surface area (Å²) >= 11 is 3.65. The van der Waals surface area contributed by atoms with Crippen LogP contribution in [-0.2, 0) is 4.79 Å². The van der Waals surface area contributed by atoms with Crippen molar-refractivity contribution >= 4 is 59.4 Å². The lowest BCUT2D eigenvalue weighted by molar-refractivity contribution is -0.127. The van der Waals surface area contributed by atoms with Gasteiger partial charge in [0.2, 0.25) is 5.91 Å². The van der Waals surface area contributed by atoms with E-state index in [1.165, 1.54) is 12.2 Å². The van der Waals surface area contributed by atoms with Gasteiger partial charge in [0.1, 0.15) is 6.54 Å². The first-order chi connectivity index (χ1) is 9.61. The van der Waals surface area contributed by atoms with E-state index < -0.39 is 0 Å². The number of hydrogen-bond donors (Lipinski definition) is 2. The SMILES string of the molecule is CSCCCCNC(=NCC(=O)N(C)C)NCCSC.I. The number of unbranched alkanes of at least 4 members (excludes halogenated alkanes) is 1. The topological polar surface area (TPSA) is 56.7 Å². The number of amides is 1. The van der Waals surface area contributed by atoms with Crippen LogP contribution in [0.25, 0.3) is 0 Å². The highest BCUT2D eigenvalue weighted by Crippen LogP contribution is 1.97. The summed E-state index contributed by atoms with van der Waals surface area (Å²) in [4.78, 5) is 17.4. The summed E-state index contributed by atoms with van der Waals surface area (Å²) in [5, 5.41) is 6.53. The minimum atomic E-state index is 0. The van der Waals surface area contributed by atoms with Gasteiger partial charge in [-0.15, -0.1) is 24.0 Å². The maximum atomic E-state index is 11.5. The van der Waals surface area contributed by atoms with Gasteiger partial charge in [0, 0.05) is 32.9 Å². The number of carbonyl (C=O) groups is 1. The van der Waals surface area contributed by atoms with Gasteiger partial charge >= 0.3 is 0 Å². The van der Waals surface area contributed by atoms with Crippen molar-refractivity contribution in [2.24, 2.45) is 4.99 Å². The Hall–Kier alpha value is 0.170. The van der Waals surface area contributed by atoms with E-state index >= 15 is 0 Å². The maximum Gasteiger partial charge on any atom is 0.243 e. The molecule has 0 aliphatic carbocycles. The Morgan fingerprint density at radius 1 is 1.05 bits per heavy atom. The fourth-order valence-electron chi connectivity index (χ4n) is 1.31. The first-order valence-electron chi connectivity index (χ1n) is 6.82. The number of halogens is 1. The third-order valence-electron chi connectivity index (χ3n) is 2.54. The highest BCUT2D eigenvalue weighted by atomic mass is 127. The van der Waals surface area contributed by atoms with Gasteiger partial charge in [-0.3, -0.25) is 4.79 Å². The van der Waals surface area contributed by atoms with E-state index in [-0.39, 0.29) is 36.4 Å². The Morgan fingerprint density at radius 2 is 1.67 bits per heavy atom. The number of likely N-dealkylation sites (N-methyl/N-ethyl adjacent to an activating group) is 1. The third kappa shape index (κ3) is 14.9. The van der Waals surface area contributed by atoms with Gasteiger partial charge in [-0.25, -0.2) is 4.99 Å². The fourth-order valence-corrected chi connectivity index (χ4v) is 2.11. The van der Waals surface area contributed by atoms with Gasteiger partial charge in [-0.05, 0) is 31.1 Å². The van der Waals surface area contributed by atoms with Crippen molar-refractivity contribution in [2.45, 2.75) is 12.8 Å². The Labute approximate surface area is 154 Å². The van der Waals surface area contributed by atoms with E-state index in [4.69, 9.17) is 0 Å². The van der Waals surface area contributed by atoms with Crippen LogP contribution in [0.4, 0.5) is 0 Å². The van der Waals surface area contributed by atoms with Gasteiger partial charge in [-0.1, -0.05) is 0 Å². The number of nitrogens with one attached hydrogen (secondary N) is 2. The molecular formula is C13H29IN4OS2. The Morgan fingerprint density at radius 3 is 2.24 bits per heavy atom. The summed E-state index contributed by atoms with van der Waals surface area (Å²) in [6.45, 7) is 1.93. The quantitative estimate of drug-likeness (QED) is 0.231. The van der Waals surface area contributed by atoms with E-state index in [2.05, 4.69) is 28.1 Å². The average molecular weight is 448 g/mol. The molecule has 0 atom stereocenters. The number of hydrogen-bond acceptors (Lipinski definition) is 4. The monoisotopic (exact) mass is 448 g/mol. The molecule has 0 heterocycles. The molecule has 0 radical (unpaired) electrons. The van der Waals surface area contributed by atoms with Gasteiger partial charge < -0.3 is 15.5 Å². The van der Waals surface area contributed by atoms with Crippen molar-refractivity contribution in [3.05, 3.63) is 0 Å². The zero-order valence-corrected chi connectivity index (χ0v) is 17.4. The molecule has 0 bridgehead atoms. The summed E-state index contributed by atoms with van der Waals surface area (Å²) < 4.78 is 0. The van der Waals surface area contributed by atoms with E-state index in [1.54, 1.807) is 30.8 Å². The van der Waals surface area contributed by atoms with Crippen LogP contribution in [-0.4, -0.2) is 74.5 Å². The van der Waals surface area contributed by atoms with Crippen molar-refractivity contribution in [3.63, 3.8) is 0 Å². The van der Waals surface area contributed by atoms with E-state index in [0.717, 1.165) is 31.2 Å². The van der Waals surface area contributed by atoms with Gasteiger partial charge in [0.15, 0.2) is 5.96 Å². The summed E-state index contributed by atoms with van der Waals surface area (Å²) in [6, 6.07) is 0. The first kappa shape index (κ1) is 23.4. The minimum absolute atomic E-state index is 0. The fraction of sp³-hybridized carbons (Fsp3) is 0.846. The third-order valence-corrected chi connectivity index (χ3v) is 3.85. The van der Waals surface area contributed by atoms with Crippen LogP contribution < -0.4 is 10.6 Å². The van der Waals surface area contributed by atoms with Gasteiger partial charge in [0.05, 0.1) is 0 Å². The van der Waals surface area contributed by atoms with Crippen molar-refractivity contribution in [2.75, 3.05) is 57.7 Å². The molecule has 1 amide bonds. The number of nitrogens with zero attached hydrogens (tertiary/aromatic N) is 2. The van der Waals surface area contributed by atoms with E-state index in [9.17, 15) is 4.79 Å². The molecule has 21 heavy (non-hydrogen) atoms.